The Morgan fingerprint density at radius 1 is 0.655 bits per heavy atom. The van der Waals surface area contributed by atoms with Gasteiger partial charge in [-0.3, -0.25) is 0 Å². The molecule has 2 heteroatoms. The molecule has 0 aliphatic heterocycles. The van der Waals surface area contributed by atoms with E-state index < -0.39 is 0 Å². The minimum Gasteiger partial charge on any atom is -0.507 e. The lowest BCUT2D eigenvalue weighted by atomic mass is 9.84. The Bertz CT molecular complexity index is 1100. The molecule has 29 heavy (non-hydrogen) atoms. The number of rotatable bonds is 4. The summed E-state index contributed by atoms with van der Waals surface area (Å²) in [5.74, 6) is 1.98. The SMILES string of the molecule is CC1=C(C)C(c2ccccc2-c2cc(Oc3ccccc3)ccc2O)C(C)=C1C. The molecule has 0 saturated heterocycles. The lowest BCUT2D eigenvalue weighted by molar-refractivity contribution is 0.466. The molecule has 0 amide bonds. The molecule has 3 aromatic rings. The van der Waals surface area contributed by atoms with Crippen molar-refractivity contribution < 1.29 is 9.84 Å². The number of ether oxygens (including phenoxy) is 1. The van der Waals surface area contributed by atoms with Gasteiger partial charge in [0.25, 0.3) is 0 Å². The van der Waals surface area contributed by atoms with Crippen LogP contribution in [-0.2, 0) is 0 Å². The van der Waals surface area contributed by atoms with Gasteiger partial charge in [0, 0.05) is 11.5 Å². The lowest BCUT2D eigenvalue weighted by Gasteiger charge is -2.21. The standard InChI is InChI=1S/C27H26O2/c1-17-18(2)20(4)27(19(17)3)24-13-9-8-12-23(24)25-16-22(14-15-26(25)28)29-21-10-6-5-7-11-21/h5-16,27-28H,1-4H3. The highest BCUT2D eigenvalue weighted by molar-refractivity contribution is 5.77. The minimum absolute atomic E-state index is 0.240. The van der Waals surface area contributed by atoms with E-state index in [-0.39, 0.29) is 11.7 Å². The molecule has 0 unspecified atom stereocenters. The second-order valence-corrected chi connectivity index (χ2v) is 7.73. The summed E-state index contributed by atoms with van der Waals surface area (Å²) in [7, 11) is 0. The number of benzene rings is 3. The molecule has 3 aromatic carbocycles. The van der Waals surface area contributed by atoms with E-state index in [1.54, 1.807) is 12.1 Å². The van der Waals surface area contributed by atoms with Crippen LogP contribution in [0.4, 0.5) is 0 Å². The van der Waals surface area contributed by atoms with Crippen LogP contribution in [0.1, 0.15) is 39.2 Å². The minimum atomic E-state index is 0.240. The average Bonchev–Trinajstić information content (AvgIpc) is 2.93. The van der Waals surface area contributed by atoms with Gasteiger partial charge < -0.3 is 9.84 Å². The molecule has 2 nitrogen and oxygen atoms in total. The summed E-state index contributed by atoms with van der Waals surface area (Å²) in [6, 6.07) is 23.5. The monoisotopic (exact) mass is 382 g/mol. The van der Waals surface area contributed by atoms with Crippen LogP contribution in [0.25, 0.3) is 11.1 Å². The normalized spacial score (nSPS) is 14.6. The molecule has 0 spiro atoms. The van der Waals surface area contributed by atoms with Gasteiger partial charge in [0.1, 0.15) is 17.2 Å². The van der Waals surface area contributed by atoms with Crippen LogP contribution in [-0.4, -0.2) is 5.11 Å². The molecular formula is C27H26O2. The first-order chi connectivity index (χ1) is 14.0. The Hall–Kier alpha value is -3.26. The van der Waals surface area contributed by atoms with E-state index in [4.69, 9.17) is 4.74 Å². The molecule has 1 N–H and O–H groups in total. The van der Waals surface area contributed by atoms with E-state index >= 15 is 0 Å². The smallest absolute Gasteiger partial charge is 0.128 e. The van der Waals surface area contributed by atoms with Crippen molar-refractivity contribution in [3.8, 4) is 28.4 Å². The van der Waals surface area contributed by atoms with Crippen molar-refractivity contribution in [2.75, 3.05) is 0 Å². The van der Waals surface area contributed by atoms with E-state index in [1.807, 2.05) is 42.5 Å². The molecule has 0 bridgehead atoms. The molecular weight excluding hydrogens is 356 g/mol. The van der Waals surface area contributed by atoms with Gasteiger partial charge in [0.2, 0.25) is 0 Å². The van der Waals surface area contributed by atoms with Gasteiger partial charge in [0.05, 0.1) is 0 Å². The maximum atomic E-state index is 10.7. The fourth-order valence-corrected chi connectivity index (χ4v) is 4.23. The van der Waals surface area contributed by atoms with Crippen LogP contribution in [0.2, 0.25) is 0 Å². The fraction of sp³-hybridized carbons (Fsp3) is 0.185. The molecule has 4 rings (SSSR count). The number of phenolic OH excluding ortho intramolecular Hbond substituents is 1. The highest BCUT2D eigenvalue weighted by Gasteiger charge is 2.28. The predicted octanol–water partition coefficient (Wildman–Crippen LogP) is 7.62. The van der Waals surface area contributed by atoms with Gasteiger partial charge in [-0.05, 0) is 80.3 Å². The highest BCUT2D eigenvalue weighted by atomic mass is 16.5. The summed E-state index contributed by atoms with van der Waals surface area (Å²) >= 11 is 0. The zero-order chi connectivity index (χ0) is 20.5. The van der Waals surface area contributed by atoms with Gasteiger partial charge in [-0.1, -0.05) is 53.6 Å². The van der Waals surface area contributed by atoms with E-state index in [0.29, 0.717) is 5.75 Å². The van der Waals surface area contributed by atoms with Crippen LogP contribution in [0.15, 0.2) is 95.1 Å². The topological polar surface area (TPSA) is 29.5 Å². The molecule has 0 heterocycles. The molecule has 0 aromatic heterocycles. The van der Waals surface area contributed by atoms with Crippen LogP contribution in [0.3, 0.4) is 0 Å². The van der Waals surface area contributed by atoms with Gasteiger partial charge >= 0.3 is 0 Å². The Morgan fingerprint density at radius 3 is 1.97 bits per heavy atom. The van der Waals surface area contributed by atoms with E-state index in [1.165, 1.54) is 27.9 Å². The average molecular weight is 383 g/mol. The molecule has 0 radical (unpaired) electrons. The zero-order valence-electron chi connectivity index (χ0n) is 17.4. The second kappa shape index (κ2) is 7.63. The first-order valence-electron chi connectivity index (χ1n) is 9.97. The van der Waals surface area contributed by atoms with E-state index in [9.17, 15) is 5.11 Å². The van der Waals surface area contributed by atoms with E-state index in [0.717, 1.165) is 16.9 Å². The summed E-state index contributed by atoms with van der Waals surface area (Å²) in [5.41, 5.74) is 8.53. The summed E-state index contributed by atoms with van der Waals surface area (Å²) in [6.45, 7) is 8.82. The summed E-state index contributed by atoms with van der Waals surface area (Å²) in [4.78, 5) is 0. The quantitative estimate of drug-likeness (QED) is 0.503. The number of aromatic hydroxyl groups is 1. The second-order valence-electron chi connectivity index (χ2n) is 7.73. The highest BCUT2D eigenvalue weighted by Crippen LogP contribution is 2.47. The number of para-hydroxylation sites is 1. The maximum absolute atomic E-state index is 10.7. The number of hydrogen-bond acceptors (Lipinski definition) is 2. The van der Waals surface area contributed by atoms with Crippen LogP contribution in [0.5, 0.6) is 17.2 Å². The summed E-state index contributed by atoms with van der Waals surface area (Å²) < 4.78 is 6.01. The third kappa shape index (κ3) is 3.47. The predicted molar refractivity (Wildman–Crippen MR) is 120 cm³/mol. The Morgan fingerprint density at radius 2 is 1.28 bits per heavy atom. The number of allylic oxidation sites excluding steroid dienone is 4. The molecule has 0 fully saturated rings. The van der Waals surface area contributed by atoms with Crippen molar-refractivity contribution in [1.82, 2.24) is 0 Å². The number of hydrogen-bond donors (Lipinski definition) is 1. The van der Waals surface area contributed by atoms with Crippen molar-refractivity contribution in [3.63, 3.8) is 0 Å². The molecule has 1 aliphatic carbocycles. The molecule has 0 saturated carbocycles. The van der Waals surface area contributed by atoms with E-state index in [2.05, 4.69) is 45.9 Å². The molecule has 0 atom stereocenters. The maximum Gasteiger partial charge on any atom is 0.128 e. The first kappa shape index (κ1) is 19.1. The molecule has 1 aliphatic rings. The van der Waals surface area contributed by atoms with Gasteiger partial charge in [0.15, 0.2) is 0 Å². The van der Waals surface area contributed by atoms with Crippen molar-refractivity contribution in [3.05, 3.63) is 101 Å². The van der Waals surface area contributed by atoms with Gasteiger partial charge in [-0.2, -0.15) is 0 Å². The fourth-order valence-electron chi connectivity index (χ4n) is 4.23. The van der Waals surface area contributed by atoms with Crippen molar-refractivity contribution in [1.29, 1.82) is 0 Å². The van der Waals surface area contributed by atoms with Crippen molar-refractivity contribution in [2.24, 2.45) is 0 Å². The van der Waals surface area contributed by atoms with Gasteiger partial charge in [-0.15, -0.1) is 0 Å². The third-order valence-electron chi connectivity index (χ3n) is 6.12. The zero-order valence-corrected chi connectivity index (χ0v) is 17.4. The largest absolute Gasteiger partial charge is 0.507 e. The molecule has 146 valence electrons. The van der Waals surface area contributed by atoms with Crippen molar-refractivity contribution >= 4 is 0 Å². The van der Waals surface area contributed by atoms with Crippen LogP contribution >= 0.6 is 0 Å². The summed E-state index contributed by atoms with van der Waals surface area (Å²) in [6.07, 6.45) is 0. The summed E-state index contributed by atoms with van der Waals surface area (Å²) in [5, 5.41) is 10.7. The Balaban J connectivity index is 1.80. The Labute approximate surface area is 172 Å². The van der Waals surface area contributed by atoms with Crippen LogP contribution < -0.4 is 4.74 Å². The van der Waals surface area contributed by atoms with Crippen LogP contribution in [0, 0.1) is 0 Å². The number of phenols is 1. The Kier molecular flexibility index (Phi) is 5.02. The third-order valence-corrected chi connectivity index (χ3v) is 6.12. The lowest BCUT2D eigenvalue weighted by Crippen LogP contribution is -2.02. The van der Waals surface area contributed by atoms with Gasteiger partial charge in [-0.25, -0.2) is 0 Å². The van der Waals surface area contributed by atoms with Crippen molar-refractivity contribution in [2.45, 2.75) is 33.6 Å². The first-order valence-corrected chi connectivity index (χ1v) is 9.97.